The predicted octanol–water partition coefficient (Wildman–Crippen LogP) is 2.53. The molecule has 1 aromatic carbocycles. The quantitative estimate of drug-likeness (QED) is 0.723. The molecule has 0 fully saturated rings. The van der Waals surface area contributed by atoms with Gasteiger partial charge in [-0.2, -0.15) is 0 Å². The summed E-state index contributed by atoms with van der Waals surface area (Å²) in [5.41, 5.74) is 7.16. The van der Waals surface area contributed by atoms with E-state index in [0.717, 1.165) is 12.8 Å². The van der Waals surface area contributed by atoms with E-state index in [1.807, 2.05) is 6.92 Å². The number of amides is 3. The molecule has 6 heteroatoms. The first-order chi connectivity index (χ1) is 12.3. The normalized spacial score (nSPS) is 14.8. The van der Waals surface area contributed by atoms with Gasteiger partial charge in [-0.25, -0.2) is 0 Å². The van der Waals surface area contributed by atoms with E-state index in [4.69, 9.17) is 5.73 Å². The molecule has 1 aliphatic rings. The molecule has 2 N–H and O–H groups in total. The Hall–Kier alpha value is -2.21. The second-order valence-electron chi connectivity index (χ2n) is 7.30. The maximum atomic E-state index is 12.6. The van der Waals surface area contributed by atoms with Crippen molar-refractivity contribution in [2.75, 3.05) is 20.1 Å². The summed E-state index contributed by atoms with van der Waals surface area (Å²) in [5, 5.41) is 0. The molecule has 1 unspecified atom stereocenters. The Balaban J connectivity index is 2.12. The van der Waals surface area contributed by atoms with Gasteiger partial charge >= 0.3 is 0 Å². The minimum atomic E-state index is -0.308. The average Bonchev–Trinajstić information content (AvgIpc) is 2.86. The lowest BCUT2D eigenvalue weighted by molar-refractivity contribution is 0.0652. The Labute approximate surface area is 155 Å². The third-order valence-corrected chi connectivity index (χ3v) is 4.95. The highest BCUT2D eigenvalue weighted by Crippen LogP contribution is 2.25. The average molecular weight is 359 g/mol. The number of rotatable bonds is 8. The highest BCUT2D eigenvalue weighted by molar-refractivity contribution is 6.22. The molecule has 142 valence electrons. The van der Waals surface area contributed by atoms with Crippen LogP contribution < -0.4 is 5.73 Å². The van der Waals surface area contributed by atoms with E-state index < -0.39 is 0 Å². The number of hydrogen-bond donors (Lipinski definition) is 1. The molecule has 1 atom stereocenters. The zero-order valence-corrected chi connectivity index (χ0v) is 16.1. The Morgan fingerprint density at radius 1 is 1.19 bits per heavy atom. The molecule has 0 saturated heterocycles. The molecule has 1 aliphatic heterocycles. The van der Waals surface area contributed by atoms with Gasteiger partial charge in [0.2, 0.25) is 0 Å². The molecular formula is C20H29N3O3. The Bertz CT molecular complexity index is 700. The molecule has 3 amide bonds. The summed E-state index contributed by atoms with van der Waals surface area (Å²) >= 11 is 0. The summed E-state index contributed by atoms with van der Waals surface area (Å²) in [5.74, 6) is -0.390. The van der Waals surface area contributed by atoms with Crippen molar-refractivity contribution < 1.29 is 14.4 Å². The number of nitrogens with zero attached hydrogens (tertiary/aromatic N) is 2. The van der Waals surface area contributed by atoms with E-state index in [-0.39, 0.29) is 23.8 Å². The molecule has 0 bridgehead atoms. The SMILES string of the molecule is CCCCN1C(=O)c2ccc(C(=O)N(C)CCC(N)C(C)C)cc2C1=O. The molecule has 0 aliphatic carbocycles. The molecule has 0 radical (unpaired) electrons. The fourth-order valence-corrected chi connectivity index (χ4v) is 2.94. The number of carbonyl (C=O) groups is 3. The van der Waals surface area contributed by atoms with Crippen LogP contribution in [0.1, 0.15) is 71.1 Å². The maximum absolute atomic E-state index is 12.6. The Kier molecular flexibility index (Phi) is 6.53. The summed E-state index contributed by atoms with van der Waals surface area (Å²) < 4.78 is 0. The van der Waals surface area contributed by atoms with Gasteiger partial charge in [-0.1, -0.05) is 27.2 Å². The third kappa shape index (κ3) is 4.12. The predicted molar refractivity (Wildman–Crippen MR) is 101 cm³/mol. The zero-order chi connectivity index (χ0) is 19.4. The topological polar surface area (TPSA) is 83.7 Å². The molecule has 1 heterocycles. The van der Waals surface area contributed by atoms with E-state index in [0.29, 0.717) is 42.1 Å². The molecule has 2 rings (SSSR count). The van der Waals surface area contributed by atoms with E-state index in [1.54, 1.807) is 30.1 Å². The van der Waals surface area contributed by atoms with Gasteiger partial charge in [-0.05, 0) is 37.0 Å². The van der Waals surface area contributed by atoms with Crippen molar-refractivity contribution in [3.05, 3.63) is 34.9 Å². The van der Waals surface area contributed by atoms with Crippen LogP contribution in [0.5, 0.6) is 0 Å². The standard InChI is InChI=1S/C20H29N3O3/c1-5-6-10-23-19(25)15-8-7-14(12-16(15)20(23)26)18(24)22(4)11-9-17(21)13(2)3/h7-8,12-13,17H,5-6,9-11,21H2,1-4H3. The molecule has 0 saturated carbocycles. The summed E-state index contributed by atoms with van der Waals surface area (Å²) in [6.45, 7) is 7.08. The van der Waals surface area contributed by atoms with Crippen molar-refractivity contribution in [1.82, 2.24) is 9.80 Å². The van der Waals surface area contributed by atoms with Crippen LogP contribution in [0.4, 0.5) is 0 Å². The largest absolute Gasteiger partial charge is 0.342 e. The Morgan fingerprint density at radius 3 is 2.46 bits per heavy atom. The maximum Gasteiger partial charge on any atom is 0.261 e. The first-order valence-electron chi connectivity index (χ1n) is 9.29. The molecular weight excluding hydrogens is 330 g/mol. The van der Waals surface area contributed by atoms with Crippen LogP contribution in [-0.2, 0) is 0 Å². The fourth-order valence-electron chi connectivity index (χ4n) is 2.94. The van der Waals surface area contributed by atoms with Crippen LogP contribution in [0.25, 0.3) is 0 Å². The molecule has 0 aromatic heterocycles. The van der Waals surface area contributed by atoms with E-state index in [9.17, 15) is 14.4 Å². The summed E-state index contributed by atoms with van der Waals surface area (Å²) in [6.07, 6.45) is 2.39. The first-order valence-corrected chi connectivity index (χ1v) is 9.29. The van der Waals surface area contributed by atoms with Crippen molar-refractivity contribution >= 4 is 17.7 Å². The van der Waals surface area contributed by atoms with E-state index in [1.165, 1.54) is 4.90 Å². The monoisotopic (exact) mass is 359 g/mol. The minimum absolute atomic E-state index is 0.0385. The van der Waals surface area contributed by atoms with Crippen molar-refractivity contribution in [2.45, 2.75) is 46.1 Å². The summed E-state index contributed by atoms with van der Waals surface area (Å²) in [7, 11) is 1.73. The number of hydrogen-bond acceptors (Lipinski definition) is 4. The zero-order valence-electron chi connectivity index (χ0n) is 16.1. The second-order valence-corrected chi connectivity index (χ2v) is 7.30. The van der Waals surface area contributed by atoms with Crippen LogP contribution in [-0.4, -0.2) is 53.7 Å². The van der Waals surface area contributed by atoms with Gasteiger partial charge in [0.25, 0.3) is 17.7 Å². The molecule has 26 heavy (non-hydrogen) atoms. The van der Waals surface area contributed by atoms with Crippen LogP contribution in [0, 0.1) is 5.92 Å². The highest BCUT2D eigenvalue weighted by Gasteiger charge is 2.35. The van der Waals surface area contributed by atoms with Crippen molar-refractivity contribution in [3.63, 3.8) is 0 Å². The van der Waals surface area contributed by atoms with Gasteiger partial charge in [0.05, 0.1) is 11.1 Å². The molecule has 6 nitrogen and oxygen atoms in total. The van der Waals surface area contributed by atoms with Gasteiger partial charge in [0, 0.05) is 31.7 Å². The fraction of sp³-hybridized carbons (Fsp3) is 0.550. The van der Waals surface area contributed by atoms with Crippen molar-refractivity contribution in [3.8, 4) is 0 Å². The van der Waals surface area contributed by atoms with Crippen LogP contribution in [0.15, 0.2) is 18.2 Å². The number of nitrogens with two attached hydrogens (primary N) is 1. The second kappa shape index (κ2) is 8.45. The van der Waals surface area contributed by atoms with Gasteiger partial charge < -0.3 is 10.6 Å². The Morgan fingerprint density at radius 2 is 1.85 bits per heavy atom. The lowest BCUT2D eigenvalue weighted by atomic mass is 10.0. The van der Waals surface area contributed by atoms with E-state index in [2.05, 4.69) is 13.8 Å². The third-order valence-electron chi connectivity index (χ3n) is 4.95. The number of fused-ring (bicyclic) bond motifs is 1. The molecule has 1 aromatic rings. The van der Waals surface area contributed by atoms with Crippen LogP contribution >= 0.6 is 0 Å². The van der Waals surface area contributed by atoms with Gasteiger partial charge in [-0.3, -0.25) is 19.3 Å². The van der Waals surface area contributed by atoms with Gasteiger partial charge in [0.1, 0.15) is 0 Å². The van der Waals surface area contributed by atoms with Crippen molar-refractivity contribution in [1.29, 1.82) is 0 Å². The number of imide groups is 1. The highest BCUT2D eigenvalue weighted by atomic mass is 16.2. The number of carbonyl (C=O) groups excluding carboxylic acids is 3. The lowest BCUT2D eigenvalue weighted by Crippen LogP contribution is -2.34. The lowest BCUT2D eigenvalue weighted by Gasteiger charge is -2.21. The minimum Gasteiger partial charge on any atom is -0.342 e. The van der Waals surface area contributed by atoms with Crippen molar-refractivity contribution in [2.24, 2.45) is 11.7 Å². The molecule has 0 spiro atoms. The van der Waals surface area contributed by atoms with Gasteiger partial charge in [-0.15, -0.1) is 0 Å². The van der Waals surface area contributed by atoms with Gasteiger partial charge in [0.15, 0.2) is 0 Å². The van der Waals surface area contributed by atoms with Crippen LogP contribution in [0.3, 0.4) is 0 Å². The summed E-state index contributed by atoms with van der Waals surface area (Å²) in [4.78, 5) is 40.4. The number of unbranched alkanes of at least 4 members (excludes halogenated alkanes) is 1. The smallest absolute Gasteiger partial charge is 0.261 e. The van der Waals surface area contributed by atoms with Crippen LogP contribution in [0.2, 0.25) is 0 Å². The first kappa shape index (κ1) is 20.1. The summed E-state index contributed by atoms with van der Waals surface area (Å²) in [6, 6.07) is 4.79. The number of benzene rings is 1. The van der Waals surface area contributed by atoms with E-state index >= 15 is 0 Å².